The van der Waals surface area contributed by atoms with Crippen molar-refractivity contribution in [3.05, 3.63) is 35.9 Å². The van der Waals surface area contributed by atoms with Crippen molar-refractivity contribution >= 4 is 11.9 Å². The van der Waals surface area contributed by atoms with Gasteiger partial charge in [-0.2, -0.15) is 0 Å². The summed E-state index contributed by atoms with van der Waals surface area (Å²) in [6.07, 6.45) is 0.777. The van der Waals surface area contributed by atoms with Gasteiger partial charge in [-0.25, -0.2) is 4.79 Å². The number of hydrogen-bond acceptors (Lipinski definition) is 3. The summed E-state index contributed by atoms with van der Waals surface area (Å²) in [5, 5.41) is 11.6. The van der Waals surface area contributed by atoms with E-state index in [2.05, 4.69) is 5.32 Å². The number of hydrogen-bond donors (Lipinski definition) is 2. The molecule has 0 aromatic heterocycles. The van der Waals surface area contributed by atoms with Gasteiger partial charge in [-0.3, -0.25) is 4.79 Å². The Morgan fingerprint density at radius 1 is 1.32 bits per heavy atom. The highest BCUT2D eigenvalue weighted by Gasteiger charge is 2.21. The second-order valence-corrected chi connectivity index (χ2v) is 4.28. The molecule has 0 aliphatic heterocycles. The van der Waals surface area contributed by atoms with E-state index < -0.39 is 17.9 Å². The monoisotopic (exact) mass is 265 g/mol. The summed E-state index contributed by atoms with van der Waals surface area (Å²) in [6, 6.07) is 7.52. The molecule has 0 bridgehead atoms. The normalized spacial score (nSPS) is 13.6. The Morgan fingerprint density at radius 2 is 1.95 bits per heavy atom. The molecule has 0 spiro atoms. The largest absolute Gasteiger partial charge is 0.479 e. The Bertz CT molecular complexity index is 419. The summed E-state index contributed by atoms with van der Waals surface area (Å²) in [6.45, 7) is 3.68. The maximum absolute atomic E-state index is 11.7. The van der Waals surface area contributed by atoms with Crippen molar-refractivity contribution in [2.45, 2.75) is 32.4 Å². The van der Waals surface area contributed by atoms with Crippen molar-refractivity contribution in [2.24, 2.45) is 0 Å². The molecule has 2 atom stereocenters. The molecule has 1 unspecified atom stereocenters. The number of carbonyl (C=O) groups excluding carboxylic acids is 1. The maximum Gasteiger partial charge on any atom is 0.330 e. The van der Waals surface area contributed by atoms with Gasteiger partial charge in [-0.15, -0.1) is 0 Å². The topological polar surface area (TPSA) is 75.6 Å². The van der Waals surface area contributed by atoms with Gasteiger partial charge >= 0.3 is 5.97 Å². The number of nitrogens with one attached hydrogen (secondary N) is 1. The highest BCUT2D eigenvalue weighted by molar-refractivity contribution is 5.85. The number of carbonyl (C=O) groups is 2. The molecule has 0 saturated heterocycles. The number of carboxylic acid groups (broad SMARTS) is 1. The van der Waals surface area contributed by atoms with Gasteiger partial charge in [0.1, 0.15) is 6.61 Å². The molecule has 1 aromatic carbocycles. The van der Waals surface area contributed by atoms with Crippen LogP contribution in [0.15, 0.2) is 30.3 Å². The highest BCUT2D eigenvalue weighted by Crippen LogP contribution is 2.12. The van der Waals surface area contributed by atoms with E-state index in [9.17, 15) is 9.59 Å². The van der Waals surface area contributed by atoms with E-state index in [4.69, 9.17) is 9.84 Å². The van der Waals surface area contributed by atoms with Crippen LogP contribution >= 0.6 is 0 Å². The molecule has 1 rings (SSSR count). The molecule has 5 nitrogen and oxygen atoms in total. The molecule has 0 fully saturated rings. The number of benzene rings is 1. The van der Waals surface area contributed by atoms with Gasteiger partial charge in [0, 0.05) is 0 Å². The molecule has 104 valence electrons. The van der Waals surface area contributed by atoms with E-state index >= 15 is 0 Å². The van der Waals surface area contributed by atoms with Crippen molar-refractivity contribution in [3.8, 4) is 0 Å². The average Bonchev–Trinajstić information content (AvgIpc) is 2.42. The van der Waals surface area contributed by atoms with Crippen LogP contribution in [-0.2, 0) is 14.3 Å². The minimum Gasteiger partial charge on any atom is -0.479 e. The molecule has 5 heteroatoms. The zero-order chi connectivity index (χ0) is 14.3. The molecular formula is C14H19NO4. The van der Waals surface area contributed by atoms with Crippen molar-refractivity contribution in [1.82, 2.24) is 5.32 Å². The van der Waals surface area contributed by atoms with E-state index in [-0.39, 0.29) is 12.7 Å². The van der Waals surface area contributed by atoms with Crippen molar-refractivity contribution in [2.75, 3.05) is 6.61 Å². The molecular weight excluding hydrogens is 246 g/mol. The number of carboxylic acids is 1. The minimum atomic E-state index is -1.09. The van der Waals surface area contributed by atoms with Crippen LogP contribution in [0.2, 0.25) is 0 Å². The van der Waals surface area contributed by atoms with E-state index in [0.29, 0.717) is 5.56 Å². The first-order valence-corrected chi connectivity index (χ1v) is 6.23. The molecule has 0 heterocycles. The Kier molecular flexibility index (Phi) is 6.02. The highest BCUT2D eigenvalue weighted by atomic mass is 16.5. The lowest BCUT2D eigenvalue weighted by molar-refractivity contribution is -0.143. The van der Waals surface area contributed by atoms with Crippen molar-refractivity contribution < 1.29 is 19.4 Å². The van der Waals surface area contributed by atoms with Crippen LogP contribution in [0.25, 0.3) is 0 Å². The predicted molar refractivity (Wildman–Crippen MR) is 70.7 cm³/mol. The number of aliphatic carboxylic acids is 1. The smallest absolute Gasteiger partial charge is 0.330 e. The van der Waals surface area contributed by atoms with E-state index in [1.54, 1.807) is 30.3 Å². The van der Waals surface area contributed by atoms with Gasteiger partial charge in [-0.05, 0) is 18.9 Å². The predicted octanol–water partition coefficient (Wildman–Crippen LogP) is 1.74. The lowest BCUT2D eigenvalue weighted by Gasteiger charge is -2.16. The summed E-state index contributed by atoms with van der Waals surface area (Å²) < 4.78 is 5.26. The Labute approximate surface area is 112 Å². The molecule has 0 saturated carbocycles. The Hall–Kier alpha value is -1.88. The molecule has 0 aliphatic carbocycles. The van der Waals surface area contributed by atoms with Crippen LogP contribution in [0.4, 0.5) is 0 Å². The Balaban J connectivity index is 2.60. The summed E-state index contributed by atoms with van der Waals surface area (Å²) in [5.41, 5.74) is 0.534. The third-order valence-corrected chi connectivity index (χ3v) is 2.76. The Morgan fingerprint density at radius 3 is 2.47 bits per heavy atom. The molecule has 1 aromatic rings. The third-order valence-electron chi connectivity index (χ3n) is 2.76. The first-order chi connectivity index (χ1) is 9.04. The number of ether oxygens (including phenoxy) is 1. The summed E-state index contributed by atoms with van der Waals surface area (Å²) in [5.74, 6) is -1.53. The maximum atomic E-state index is 11.7. The molecule has 19 heavy (non-hydrogen) atoms. The zero-order valence-corrected chi connectivity index (χ0v) is 11.1. The van der Waals surface area contributed by atoms with E-state index in [0.717, 1.165) is 6.42 Å². The van der Waals surface area contributed by atoms with E-state index in [1.807, 2.05) is 13.8 Å². The van der Waals surface area contributed by atoms with Gasteiger partial charge in [0.15, 0.2) is 6.04 Å². The zero-order valence-electron chi connectivity index (χ0n) is 11.1. The second-order valence-electron chi connectivity index (χ2n) is 4.28. The van der Waals surface area contributed by atoms with Gasteiger partial charge in [0.2, 0.25) is 5.91 Å². The molecule has 1 amide bonds. The SMILES string of the molecule is CCC(C)OCC(=O)N[C@@H](C(=O)O)c1ccccc1. The lowest BCUT2D eigenvalue weighted by atomic mass is 10.1. The fourth-order valence-electron chi connectivity index (χ4n) is 1.47. The number of amides is 1. The molecule has 0 radical (unpaired) electrons. The fraction of sp³-hybridized carbons (Fsp3) is 0.429. The van der Waals surface area contributed by atoms with Gasteiger partial charge < -0.3 is 15.2 Å². The second kappa shape index (κ2) is 7.53. The summed E-state index contributed by atoms with van der Waals surface area (Å²) in [4.78, 5) is 22.8. The average molecular weight is 265 g/mol. The van der Waals surface area contributed by atoms with Gasteiger partial charge in [0.25, 0.3) is 0 Å². The van der Waals surface area contributed by atoms with Crippen LogP contribution in [0.3, 0.4) is 0 Å². The fourth-order valence-corrected chi connectivity index (χ4v) is 1.47. The van der Waals surface area contributed by atoms with Crippen LogP contribution in [0.1, 0.15) is 31.9 Å². The third kappa shape index (κ3) is 5.09. The van der Waals surface area contributed by atoms with Gasteiger partial charge in [0.05, 0.1) is 6.10 Å². The van der Waals surface area contributed by atoms with Crippen molar-refractivity contribution in [3.63, 3.8) is 0 Å². The minimum absolute atomic E-state index is 0.0225. The van der Waals surface area contributed by atoms with Crippen LogP contribution in [0.5, 0.6) is 0 Å². The van der Waals surface area contributed by atoms with E-state index in [1.165, 1.54) is 0 Å². The summed E-state index contributed by atoms with van der Waals surface area (Å²) in [7, 11) is 0. The standard InChI is InChI=1S/C14H19NO4/c1-3-10(2)19-9-12(16)15-13(14(17)18)11-7-5-4-6-8-11/h4-8,10,13H,3,9H2,1-2H3,(H,15,16)(H,17,18)/t10?,13-/m1/s1. The van der Waals surface area contributed by atoms with Crippen LogP contribution in [-0.4, -0.2) is 29.7 Å². The van der Waals surface area contributed by atoms with Crippen LogP contribution in [0, 0.1) is 0 Å². The van der Waals surface area contributed by atoms with Crippen molar-refractivity contribution in [1.29, 1.82) is 0 Å². The van der Waals surface area contributed by atoms with Crippen LogP contribution < -0.4 is 5.32 Å². The first-order valence-electron chi connectivity index (χ1n) is 6.23. The first kappa shape index (κ1) is 15.2. The molecule has 2 N–H and O–H groups in total. The van der Waals surface area contributed by atoms with Gasteiger partial charge in [-0.1, -0.05) is 37.3 Å². The molecule has 0 aliphatic rings. The summed E-state index contributed by atoms with van der Waals surface area (Å²) >= 11 is 0. The quantitative estimate of drug-likeness (QED) is 0.787. The number of rotatable bonds is 7. The lowest BCUT2D eigenvalue weighted by Crippen LogP contribution is -2.36.